The van der Waals surface area contributed by atoms with Gasteiger partial charge in [0.1, 0.15) is 0 Å². The Balaban J connectivity index is 1.48. The molecule has 0 saturated carbocycles. The average molecular weight is 595 g/mol. The minimum atomic E-state index is -0.520. The number of carbonyl (C=O) groups is 2. The predicted molar refractivity (Wildman–Crippen MR) is 176 cm³/mol. The molecule has 4 aromatic rings. The first-order valence-electron chi connectivity index (χ1n) is 14.8. The number of anilines is 1. The zero-order chi connectivity index (χ0) is 30.9. The molecule has 0 saturated heterocycles. The van der Waals surface area contributed by atoms with Crippen molar-refractivity contribution in [3.63, 3.8) is 0 Å². The Morgan fingerprint density at radius 3 is 2.26 bits per heavy atom. The van der Waals surface area contributed by atoms with Gasteiger partial charge >= 0.3 is 5.97 Å². The highest BCUT2D eigenvalue weighted by Crippen LogP contribution is 2.45. The fourth-order valence-corrected chi connectivity index (χ4v) is 5.71. The van der Waals surface area contributed by atoms with Crippen molar-refractivity contribution >= 4 is 51.7 Å². The molecule has 0 radical (unpaired) electrons. The minimum absolute atomic E-state index is 0.00792. The van der Waals surface area contributed by atoms with Gasteiger partial charge in [-0.2, -0.15) is 0 Å². The second-order valence-corrected chi connectivity index (χ2v) is 13.9. The van der Waals surface area contributed by atoms with Crippen molar-refractivity contribution in [2.45, 2.75) is 59.8 Å². The maximum Gasteiger partial charge on any atom is 0.339 e. The summed E-state index contributed by atoms with van der Waals surface area (Å²) in [6, 6.07) is 23.1. The lowest BCUT2D eigenvalue weighted by atomic mass is 9.69. The first-order valence-corrected chi connectivity index (χ1v) is 15.1. The van der Waals surface area contributed by atoms with E-state index in [1.807, 2.05) is 72.8 Å². The largest absolute Gasteiger partial charge is 0.452 e. The van der Waals surface area contributed by atoms with Gasteiger partial charge in [-0.15, -0.1) is 0 Å². The molecule has 1 aliphatic carbocycles. The third kappa shape index (κ3) is 7.00. The molecule has 43 heavy (non-hydrogen) atoms. The van der Waals surface area contributed by atoms with Gasteiger partial charge in [0.25, 0.3) is 5.91 Å². The number of nitrogens with zero attached hydrogens (tertiary/aromatic N) is 1. The van der Waals surface area contributed by atoms with E-state index in [2.05, 4.69) is 52.9 Å². The van der Waals surface area contributed by atoms with Crippen molar-refractivity contribution in [1.29, 1.82) is 0 Å². The Morgan fingerprint density at radius 1 is 0.930 bits per heavy atom. The number of rotatable bonds is 5. The summed E-state index contributed by atoms with van der Waals surface area (Å²) in [6.07, 6.45) is 3.66. The first kappa shape index (κ1) is 30.5. The van der Waals surface area contributed by atoms with Gasteiger partial charge in [-0.3, -0.25) is 4.79 Å². The molecule has 5 rings (SSSR count). The van der Waals surface area contributed by atoms with E-state index in [-0.39, 0.29) is 29.3 Å². The Labute approximate surface area is 259 Å². The van der Waals surface area contributed by atoms with Gasteiger partial charge in [0.15, 0.2) is 6.61 Å². The molecule has 3 aromatic carbocycles. The molecule has 6 heteroatoms. The number of fused-ring (bicyclic) bond motifs is 2. The molecule has 1 atom stereocenters. The summed E-state index contributed by atoms with van der Waals surface area (Å²) in [7, 11) is 0. The number of carbonyl (C=O) groups excluding carboxylic acids is 2. The van der Waals surface area contributed by atoms with Crippen LogP contribution in [0.4, 0.5) is 5.69 Å². The fraction of sp³-hybridized carbons (Fsp3) is 0.324. The molecule has 1 aromatic heterocycles. The first-order chi connectivity index (χ1) is 20.3. The molecule has 0 bridgehead atoms. The number of para-hydroxylation sites is 1. The van der Waals surface area contributed by atoms with Crippen LogP contribution < -0.4 is 5.32 Å². The molecule has 1 heterocycles. The van der Waals surface area contributed by atoms with Gasteiger partial charge in [-0.05, 0) is 88.3 Å². The van der Waals surface area contributed by atoms with E-state index in [9.17, 15) is 9.59 Å². The smallest absolute Gasteiger partial charge is 0.339 e. The molecule has 5 nitrogen and oxygen atoms in total. The molecule has 0 spiro atoms. The quantitative estimate of drug-likeness (QED) is 0.234. The van der Waals surface area contributed by atoms with Crippen molar-refractivity contribution < 1.29 is 14.3 Å². The Morgan fingerprint density at radius 2 is 1.60 bits per heavy atom. The highest BCUT2D eigenvalue weighted by atomic mass is 35.5. The van der Waals surface area contributed by atoms with Crippen LogP contribution >= 0.6 is 11.6 Å². The zero-order valence-corrected chi connectivity index (χ0v) is 26.5. The van der Waals surface area contributed by atoms with Crippen LogP contribution in [0.2, 0.25) is 5.02 Å². The molecule has 0 fully saturated rings. The third-order valence-electron chi connectivity index (χ3n) is 8.22. The molecule has 1 N–H and O–H groups in total. The lowest BCUT2D eigenvalue weighted by Crippen LogP contribution is -2.29. The Hall–Kier alpha value is -3.96. The summed E-state index contributed by atoms with van der Waals surface area (Å²) in [5.41, 5.74) is 6.80. The molecule has 1 aliphatic rings. The molecule has 1 unspecified atom stereocenters. The van der Waals surface area contributed by atoms with E-state index in [0.29, 0.717) is 28.2 Å². The lowest BCUT2D eigenvalue weighted by Gasteiger charge is -2.36. The van der Waals surface area contributed by atoms with Gasteiger partial charge in [0.2, 0.25) is 0 Å². The number of benzene rings is 3. The number of halogens is 1. The molecule has 1 amide bonds. The van der Waals surface area contributed by atoms with E-state index >= 15 is 0 Å². The van der Waals surface area contributed by atoms with Gasteiger partial charge in [0, 0.05) is 16.1 Å². The summed E-state index contributed by atoms with van der Waals surface area (Å²) in [5.74, 6) is -0.638. The van der Waals surface area contributed by atoms with Gasteiger partial charge in [0.05, 0.1) is 16.8 Å². The number of allylic oxidation sites excluding steroid dienone is 1. The lowest BCUT2D eigenvalue weighted by molar-refractivity contribution is -0.119. The van der Waals surface area contributed by atoms with Crippen LogP contribution in [0.3, 0.4) is 0 Å². The second-order valence-electron chi connectivity index (χ2n) is 13.5. The highest BCUT2D eigenvalue weighted by molar-refractivity contribution is 6.30. The van der Waals surface area contributed by atoms with Crippen LogP contribution in [0.25, 0.3) is 22.6 Å². The van der Waals surface area contributed by atoms with Crippen LogP contribution in [0.5, 0.6) is 0 Å². The molecule has 222 valence electrons. The highest BCUT2D eigenvalue weighted by Gasteiger charge is 2.35. The van der Waals surface area contributed by atoms with Crippen molar-refractivity contribution in [3.05, 3.63) is 106 Å². The van der Waals surface area contributed by atoms with Crippen molar-refractivity contribution in [3.8, 4) is 0 Å². The van der Waals surface area contributed by atoms with Crippen LogP contribution in [0.1, 0.15) is 80.7 Å². The Bertz CT molecular complexity index is 1690. The van der Waals surface area contributed by atoms with Crippen LogP contribution in [0, 0.1) is 11.3 Å². The van der Waals surface area contributed by atoms with Crippen molar-refractivity contribution in [2.24, 2.45) is 11.3 Å². The number of nitrogens with one attached hydrogen (secondary N) is 1. The number of esters is 1. The minimum Gasteiger partial charge on any atom is -0.452 e. The number of hydrogen-bond acceptors (Lipinski definition) is 4. The van der Waals surface area contributed by atoms with Crippen LogP contribution in [-0.4, -0.2) is 23.5 Å². The number of hydrogen-bond donors (Lipinski definition) is 1. The standard InChI is InChI=1S/C37H39ClN2O3/c1-36(2,3)25-13-17-28(18-14-25)39-32(41)22-43-35(42)33-29-9-7-8-10-31(29)40-34-24(19-23-11-15-27(38)16-12-23)20-26(21-30(33)34)37(4,5)6/h7-19,26H,20-22H2,1-6H3,(H,39,41). The summed E-state index contributed by atoms with van der Waals surface area (Å²) in [6.45, 7) is 12.7. The summed E-state index contributed by atoms with van der Waals surface area (Å²) < 4.78 is 5.69. The summed E-state index contributed by atoms with van der Waals surface area (Å²) >= 11 is 6.15. The van der Waals surface area contributed by atoms with Gasteiger partial charge in [-0.1, -0.05) is 95.6 Å². The number of pyridine rings is 1. The molecular formula is C37H39ClN2O3. The van der Waals surface area contributed by atoms with Crippen molar-refractivity contribution in [1.82, 2.24) is 4.98 Å². The third-order valence-corrected chi connectivity index (χ3v) is 8.48. The normalized spacial score (nSPS) is 16.2. The number of amides is 1. The van der Waals surface area contributed by atoms with E-state index in [4.69, 9.17) is 21.3 Å². The second kappa shape index (κ2) is 12.0. The van der Waals surface area contributed by atoms with E-state index in [1.54, 1.807) is 0 Å². The summed E-state index contributed by atoms with van der Waals surface area (Å²) in [4.78, 5) is 31.7. The molecule has 0 aliphatic heterocycles. The fourth-order valence-electron chi connectivity index (χ4n) is 5.58. The van der Waals surface area contributed by atoms with Crippen LogP contribution in [0.15, 0.2) is 72.8 Å². The number of ether oxygens (including phenoxy) is 1. The maximum atomic E-state index is 13.8. The SMILES string of the molecule is CC(C)(C)c1ccc(NC(=O)COC(=O)c2c3c(nc4ccccc24)C(=Cc2ccc(Cl)cc2)CC(C(C)(C)C)C3)cc1. The monoisotopic (exact) mass is 594 g/mol. The van der Waals surface area contributed by atoms with E-state index in [1.165, 1.54) is 5.56 Å². The Kier molecular flexibility index (Phi) is 8.49. The zero-order valence-electron chi connectivity index (χ0n) is 25.8. The van der Waals surface area contributed by atoms with Crippen LogP contribution in [-0.2, 0) is 21.4 Å². The van der Waals surface area contributed by atoms with Gasteiger partial charge < -0.3 is 10.1 Å². The topological polar surface area (TPSA) is 68.3 Å². The number of aromatic nitrogens is 1. The van der Waals surface area contributed by atoms with E-state index < -0.39 is 5.97 Å². The predicted octanol–water partition coefficient (Wildman–Crippen LogP) is 9.13. The summed E-state index contributed by atoms with van der Waals surface area (Å²) in [5, 5.41) is 4.25. The molecular weight excluding hydrogens is 556 g/mol. The van der Waals surface area contributed by atoms with Gasteiger partial charge in [-0.25, -0.2) is 9.78 Å². The maximum absolute atomic E-state index is 13.8. The average Bonchev–Trinajstić information content (AvgIpc) is 2.95. The van der Waals surface area contributed by atoms with Crippen molar-refractivity contribution in [2.75, 3.05) is 11.9 Å². The van der Waals surface area contributed by atoms with E-state index in [0.717, 1.165) is 34.2 Å².